The minimum atomic E-state index is -0.468. The second kappa shape index (κ2) is 10.3. The van der Waals surface area contributed by atoms with Crippen molar-refractivity contribution in [1.82, 2.24) is 15.1 Å². The Balaban J connectivity index is 1.59. The molecule has 1 heterocycles. The van der Waals surface area contributed by atoms with Crippen molar-refractivity contribution in [3.05, 3.63) is 29.8 Å². The lowest BCUT2D eigenvalue weighted by atomic mass is 10.1. The van der Waals surface area contributed by atoms with Gasteiger partial charge in [-0.1, -0.05) is 12.1 Å². The Morgan fingerprint density at radius 2 is 1.71 bits per heavy atom. The fraction of sp³-hybridized carbons (Fsp3) is 0.619. The van der Waals surface area contributed by atoms with Gasteiger partial charge in [-0.2, -0.15) is 0 Å². The van der Waals surface area contributed by atoms with Gasteiger partial charge in [0.1, 0.15) is 11.4 Å². The second-order valence-corrected chi connectivity index (χ2v) is 8.01. The molecule has 1 aromatic rings. The molecule has 0 aromatic heterocycles. The normalized spacial score (nSPS) is 15.2. The van der Waals surface area contributed by atoms with E-state index in [-0.39, 0.29) is 12.0 Å². The van der Waals surface area contributed by atoms with Gasteiger partial charge in [-0.3, -0.25) is 9.69 Å². The van der Waals surface area contributed by atoms with Crippen LogP contribution in [0.25, 0.3) is 0 Å². The van der Waals surface area contributed by atoms with Crippen molar-refractivity contribution in [1.29, 1.82) is 0 Å². The van der Waals surface area contributed by atoms with E-state index >= 15 is 0 Å². The van der Waals surface area contributed by atoms with E-state index in [4.69, 9.17) is 9.47 Å². The van der Waals surface area contributed by atoms with E-state index in [2.05, 4.69) is 10.2 Å². The Bertz CT molecular complexity index is 632. The summed E-state index contributed by atoms with van der Waals surface area (Å²) in [4.78, 5) is 28.1. The quantitative estimate of drug-likeness (QED) is 0.772. The lowest BCUT2D eigenvalue weighted by Crippen LogP contribution is -2.51. The third-order valence-electron chi connectivity index (χ3n) is 4.57. The van der Waals surface area contributed by atoms with Crippen LogP contribution in [0.15, 0.2) is 24.3 Å². The maximum absolute atomic E-state index is 12.1. The topological polar surface area (TPSA) is 71.1 Å². The summed E-state index contributed by atoms with van der Waals surface area (Å²) in [5, 5.41) is 2.98. The number of amides is 2. The number of carbonyl (C=O) groups is 2. The molecule has 0 unspecified atom stereocenters. The molecule has 28 heavy (non-hydrogen) atoms. The van der Waals surface area contributed by atoms with Gasteiger partial charge >= 0.3 is 6.09 Å². The zero-order valence-corrected chi connectivity index (χ0v) is 17.5. The van der Waals surface area contributed by atoms with Crippen molar-refractivity contribution < 1.29 is 19.1 Å². The van der Waals surface area contributed by atoms with E-state index in [1.165, 1.54) is 0 Å². The molecule has 0 atom stereocenters. The minimum absolute atomic E-state index is 0.0585. The van der Waals surface area contributed by atoms with Crippen LogP contribution in [0.4, 0.5) is 4.79 Å². The number of aryl methyl sites for hydroxylation is 1. The molecule has 0 radical (unpaired) electrons. The monoisotopic (exact) mass is 391 g/mol. The molecule has 1 aliphatic rings. The van der Waals surface area contributed by atoms with Gasteiger partial charge in [-0.05, 0) is 44.9 Å². The van der Waals surface area contributed by atoms with Crippen LogP contribution in [-0.4, -0.2) is 73.8 Å². The van der Waals surface area contributed by atoms with Gasteiger partial charge in [0.05, 0.1) is 7.11 Å². The minimum Gasteiger partial charge on any atom is -0.497 e. The van der Waals surface area contributed by atoms with Gasteiger partial charge in [-0.25, -0.2) is 4.79 Å². The zero-order valence-electron chi connectivity index (χ0n) is 17.5. The maximum Gasteiger partial charge on any atom is 0.410 e. The molecule has 2 amide bonds. The van der Waals surface area contributed by atoms with Gasteiger partial charge in [0, 0.05) is 45.7 Å². The van der Waals surface area contributed by atoms with Crippen LogP contribution in [0.1, 0.15) is 32.8 Å². The first-order valence-electron chi connectivity index (χ1n) is 9.87. The molecule has 0 spiro atoms. The van der Waals surface area contributed by atoms with Gasteiger partial charge in [-0.15, -0.1) is 0 Å². The summed E-state index contributed by atoms with van der Waals surface area (Å²) in [7, 11) is 1.64. The molecular weight excluding hydrogens is 358 g/mol. The van der Waals surface area contributed by atoms with Crippen molar-refractivity contribution in [2.24, 2.45) is 0 Å². The van der Waals surface area contributed by atoms with Crippen molar-refractivity contribution in [2.45, 2.75) is 39.2 Å². The Morgan fingerprint density at radius 1 is 1.07 bits per heavy atom. The van der Waals surface area contributed by atoms with Crippen LogP contribution in [0.2, 0.25) is 0 Å². The van der Waals surface area contributed by atoms with Crippen LogP contribution in [0.3, 0.4) is 0 Å². The molecule has 1 saturated heterocycles. The molecular formula is C21H33N3O4. The maximum atomic E-state index is 12.1. The first kappa shape index (κ1) is 22.0. The van der Waals surface area contributed by atoms with Crippen LogP contribution in [0, 0.1) is 0 Å². The summed E-state index contributed by atoms with van der Waals surface area (Å²) in [5.74, 6) is 0.878. The van der Waals surface area contributed by atoms with Gasteiger partial charge in [0.2, 0.25) is 5.91 Å². The van der Waals surface area contributed by atoms with Gasteiger partial charge < -0.3 is 19.7 Å². The van der Waals surface area contributed by atoms with Crippen LogP contribution in [-0.2, 0) is 16.0 Å². The molecule has 0 aliphatic carbocycles. The number of benzene rings is 1. The van der Waals surface area contributed by atoms with E-state index < -0.39 is 5.60 Å². The predicted octanol–water partition coefficient (Wildman–Crippen LogP) is 2.30. The Morgan fingerprint density at radius 3 is 2.29 bits per heavy atom. The fourth-order valence-corrected chi connectivity index (χ4v) is 2.97. The SMILES string of the molecule is COc1ccc(CCC(=O)NCCN2CCN(C(=O)OC(C)(C)C)CC2)cc1. The van der Waals surface area contributed by atoms with Gasteiger partial charge in [0.25, 0.3) is 0 Å². The standard InChI is InChI=1S/C21H33N3O4/c1-21(2,3)28-20(26)24-15-13-23(14-16-24)12-11-22-19(25)10-7-17-5-8-18(27-4)9-6-17/h5-6,8-9H,7,10-16H2,1-4H3,(H,22,25). The molecule has 0 bridgehead atoms. The summed E-state index contributed by atoms with van der Waals surface area (Å²) in [6.45, 7) is 9.92. The van der Waals surface area contributed by atoms with Crippen molar-refractivity contribution in [2.75, 3.05) is 46.4 Å². The number of methoxy groups -OCH3 is 1. The molecule has 0 saturated carbocycles. The summed E-state index contributed by atoms with van der Waals surface area (Å²) < 4.78 is 10.5. The summed E-state index contributed by atoms with van der Waals surface area (Å²) in [5.41, 5.74) is 0.652. The number of ether oxygens (including phenoxy) is 2. The fourth-order valence-electron chi connectivity index (χ4n) is 2.97. The first-order valence-corrected chi connectivity index (χ1v) is 9.87. The molecule has 2 rings (SSSR count). The average molecular weight is 392 g/mol. The summed E-state index contributed by atoms with van der Waals surface area (Å²) in [6.07, 6.45) is 0.933. The van der Waals surface area contributed by atoms with Crippen LogP contribution in [0.5, 0.6) is 5.75 Å². The van der Waals surface area contributed by atoms with E-state index in [0.29, 0.717) is 32.5 Å². The molecule has 7 heteroatoms. The molecule has 1 aliphatic heterocycles. The number of piperazine rings is 1. The van der Waals surface area contributed by atoms with Crippen molar-refractivity contribution >= 4 is 12.0 Å². The smallest absolute Gasteiger partial charge is 0.410 e. The Kier molecular flexibility index (Phi) is 8.11. The number of hydrogen-bond acceptors (Lipinski definition) is 5. The lowest BCUT2D eigenvalue weighted by molar-refractivity contribution is -0.121. The number of hydrogen-bond donors (Lipinski definition) is 1. The van der Waals surface area contributed by atoms with E-state index in [1.807, 2.05) is 45.0 Å². The highest BCUT2D eigenvalue weighted by Crippen LogP contribution is 2.13. The lowest BCUT2D eigenvalue weighted by Gasteiger charge is -2.35. The highest BCUT2D eigenvalue weighted by Gasteiger charge is 2.25. The van der Waals surface area contributed by atoms with Crippen molar-refractivity contribution in [3.63, 3.8) is 0 Å². The molecule has 1 fully saturated rings. The number of carbonyl (C=O) groups excluding carboxylic acids is 2. The Hall–Kier alpha value is -2.28. The average Bonchev–Trinajstić information content (AvgIpc) is 2.66. The third-order valence-corrected chi connectivity index (χ3v) is 4.57. The largest absolute Gasteiger partial charge is 0.497 e. The predicted molar refractivity (Wildman–Crippen MR) is 109 cm³/mol. The first-order chi connectivity index (χ1) is 13.3. The summed E-state index contributed by atoms with van der Waals surface area (Å²) in [6, 6.07) is 7.78. The number of nitrogens with zero attached hydrogens (tertiary/aromatic N) is 2. The molecule has 1 N–H and O–H groups in total. The van der Waals surface area contributed by atoms with E-state index in [1.54, 1.807) is 12.0 Å². The van der Waals surface area contributed by atoms with E-state index in [0.717, 1.165) is 30.9 Å². The van der Waals surface area contributed by atoms with Crippen molar-refractivity contribution in [3.8, 4) is 5.75 Å². The second-order valence-electron chi connectivity index (χ2n) is 8.01. The van der Waals surface area contributed by atoms with Crippen LogP contribution < -0.4 is 10.1 Å². The highest BCUT2D eigenvalue weighted by molar-refractivity contribution is 5.76. The molecule has 7 nitrogen and oxygen atoms in total. The Labute approximate surface area is 168 Å². The van der Waals surface area contributed by atoms with Gasteiger partial charge in [0.15, 0.2) is 0 Å². The molecule has 156 valence electrons. The summed E-state index contributed by atoms with van der Waals surface area (Å²) >= 11 is 0. The number of rotatable bonds is 7. The zero-order chi connectivity index (χ0) is 20.6. The number of nitrogens with one attached hydrogen (secondary N) is 1. The highest BCUT2D eigenvalue weighted by atomic mass is 16.6. The van der Waals surface area contributed by atoms with Crippen LogP contribution >= 0.6 is 0 Å². The third kappa shape index (κ3) is 7.76. The molecule has 1 aromatic carbocycles. The van der Waals surface area contributed by atoms with E-state index in [9.17, 15) is 9.59 Å².